The van der Waals surface area contributed by atoms with E-state index in [0.717, 1.165) is 0 Å². The first kappa shape index (κ1) is 11.7. The monoisotopic (exact) mass is 355 g/mol. The summed E-state index contributed by atoms with van der Waals surface area (Å²) in [4.78, 5) is 0. The molecule has 0 aliphatic heterocycles. The van der Waals surface area contributed by atoms with Crippen LogP contribution in [0.15, 0.2) is 25.8 Å². The van der Waals surface area contributed by atoms with E-state index in [1.54, 1.807) is 0 Å². The SMILES string of the molecule is Fc1cc(F)c(-c2noc(Br)c2Br)c(F)c1. The highest BCUT2D eigenvalue weighted by molar-refractivity contribution is 9.13. The molecular weight excluding hydrogens is 355 g/mol. The Kier molecular flexibility index (Phi) is 3.07. The lowest BCUT2D eigenvalue weighted by Gasteiger charge is -2.01. The zero-order chi connectivity index (χ0) is 11.9. The van der Waals surface area contributed by atoms with Gasteiger partial charge in [-0.3, -0.25) is 0 Å². The molecule has 0 unspecified atom stereocenters. The van der Waals surface area contributed by atoms with Gasteiger partial charge < -0.3 is 4.52 Å². The van der Waals surface area contributed by atoms with Crippen molar-refractivity contribution in [2.45, 2.75) is 0 Å². The van der Waals surface area contributed by atoms with E-state index in [1.165, 1.54) is 0 Å². The average molecular weight is 357 g/mol. The summed E-state index contributed by atoms with van der Waals surface area (Å²) in [6, 6.07) is 1.15. The molecular formula is C9H2Br2F3NO. The maximum absolute atomic E-state index is 13.4. The molecule has 0 atom stereocenters. The number of benzene rings is 1. The molecule has 0 aliphatic rings. The molecule has 2 rings (SSSR count). The Morgan fingerprint density at radius 2 is 1.62 bits per heavy atom. The first-order valence-corrected chi connectivity index (χ1v) is 5.55. The largest absolute Gasteiger partial charge is 0.347 e. The fourth-order valence-electron chi connectivity index (χ4n) is 1.18. The molecule has 84 valence electrons. The van der Waals surface area contributed by atoms with E-state index in [9.17, 15) is 13.2 Å². The highest BCUT2D eigenvalue weighted by Gasteiger charge is 2.21. The Labute approximate surface area is 105 Å². The summed E-state index contributed by atoms with van der Waals surface area (Å²) in [5, 5.41) is 3.47. The molecule has 0 amide bonds. The van der Waals surface area contributed by atoms with Crippen LogP contribution in [0.25, 0.3) is 11.3 Å². The summed E-state index contributed by atoms with van der Waals surface area (Å²) in [6.07, 6.45) is 0. The Balaban J connectivity index is 2.69. The second-order valence-corrected chi connectivity index (χ2v) is 4.38. The van der Waals surface area contributed by atoms with E-state index in [2.05, 4.69) is 41.5 Å². The van der Waals surface area contributed by atoms with Crippen molar-refractivity contribution in [2.75, 3.05) is 0 Å². The van der Waals surface area contributed by atoms with E-state index in [0.29, 0.717) is 12.1 Å². The van der Waals surface area contributed by atoms with Gasteiger partial charge >= 0.3 is 0 Å². The second-order valence-electron chi connectivity index (χ2n) is 2.86. The molecule has 2 nitrogen and oxygen atoms in total. The van der Waals surface area contributed by atoms with Crippen LogP contribution >= 0.6 is 31.9 Å². The molecule has 0 saturated heterocycles. The number of hydrogen-bond donors (Lipinski definition) is 0. The summed E-state index contributed by atoms with van der Waals surface area (Å²) < 4.78 is 44.6. The standard InChI is InChI=1S/C9H2Br2F3NO/c10-7-8(15-16-9(7)11)6-4(13)1-3(12)2-5(6)14/h1-2H. The molecule has 0 saturated carbocycles. The number of hydrogen-bond acceptors (Lipinski definition) is 2. The summed E-state index contributed by atoms with van der Waals surface area (Å²) in [6.45, 7) is 0. The second kappa shape index (κ2) is 4.21. The Morgan fingerprint density at radius 3 is 2.06 bits per heavy atom. The van der Waals surface area contributed by atoms with E-state index in [-0.39, 0.29) is 14.8 Å². The van der Waals surface area contributed by atoms with Crippen LogP contribution in [-0.2, 0) is 0 Å². The average Bonchev–Trinajstić information content (AvgIpc) is 2.48. The number of nitrogens with zero attached hydrogens (tertiary/aromatic N) is 1. The normalized spacial score (nSPS) is 10.8. The summed E-state index contributed by atoms with van der Waals surface area (Å²) >= 11 is 6.03. The third kappa shape index (κ3) is 1.89. The predicted molar refractivity (Wildman–Crippen MR) is 57.2 cm³/mol. The zero-order valence-electron chi connectivity index (χ0n) is 7.40. The van der Waals surface area contributed by atoms with Gasteiger partial charge in [-0.25, -0.2) is 13.2 Å². The Hall–Kier alpha value is -0.820. The van der Waals surface area contributed by atoms with Crippen LogP contribution in [0.1, 0.15) is 0 Å². The van der Waals surface area contributed by atoms with Crippen molar-refractivity contribution in [3.05, 3.63) is 38.7 Å². The van der Waals surface area contributed by atoms with Crippen LogP contribution in [0.2, 0.25) is 0 Å². The maximum atomic E-state index is 13.4. The lowest BCUT2D eigenvalue weighted by molar-refractivity contribution is 0.400. The van der Waals surface area contributed by atoms with E-state index >= 15 is 0 Å². The molecule has 0 aliphatic carbocycles. The molecule has 16 heavy (non-hydrogen) atoms. The molecule has 0 bridgehead atoms. The minimum atomic E-state index is -1.04. The first-order valence-electron chi connectivity index (χ1n) is 3.96. The van der Waals surface area contributed by atoms with Crippen LogP contribution < -0.4 is 0 Å². The van der Waals surface area contributed by atoms with Gasteiger partial charge in [-0.15, -0.1) is 0 Å². The number of rotatable bonds is 1. The number of aromatic nitrogens is 1. The van der Waals surface area contributed by atoms with Crippen molar-refractivity contribution >= 4 is 31.9 Å². The number of halogens is 5. The first-order chi connectivity index (χ1) is 7.50. The molecule has 0 spiro atoms. The minimum absolute atomic E-state index is 0.0677. The lowest BCUT2D eigenvalue weighted by atomic mass is 10.1. The molecule has 1 heterocycles. The van der Waals surface area contributed by atoms with Crippen LogP contribution in [-0.4, -0.2) is 5.16 Å². The summed E-state index contributed by atoms with van der Waals surface area (Å²) in [7, 11) is 0. The van der Waals surface area contributed by atoms with Crippen molar-refractivity contribution in [3.63, 3.8) is 0 Å². The Bertz CT molecular complexity index is 533. The van der Waals surface area contributed by atoms with Crippen LogP contribution in [0.3, 0.4) is 0 Å². The van der Waals surface area contributed by atoms with Crippen LogP contribution in [0, 0.1) is 17.5 Å². The highest BCUT2D eigenvalue weighted by atomic mass is 79.9. The van der Waals surface area contributed by atoms with Gasteiger partial charge in [0.1, 0.15) is 27.6 Å². The molecule has 1 aromatic heterocycles. The van der Waals surface area contributed by atoms with Gasteiger partial charge in [0.15, 0.2) is 0 Å². The third-order valence-electron chi connectivity index (χ3n) is 1.84. The molecule has 0 fully saturated rings. The topological polar surface area (TPSA) is 26.0 Å². The van der Waals surface area contributed by atoms with Crippen molar-refractivity contribution in [3.8, 4) is 11.3 Å². The van der Waals surface area contributed by atoms with Gasteiger partial charge in [-0.05, 0) is 31.9 Å². The smallest absolute Gasteiger partial charge is 0.216 e. The zero-order valence-corrected chi connectivity index (χ0v) is 10.6. The molecule has 2 aromatic rings. The van der Waals surface area contributed by atoms with E-state index in [4.69, 9.17) is 0 Å². The fraction of sp³-hybridized carbons (Fsp3) is 0. The molecule has 0 radical (unpaired) electrons. The maximum Gasteiger partial charge on any atom is 0.216 e. The van der Waals surface area contributed by atoms with Crippen molar-refractivity contribution in [1.82, 2.24) is 5.16 Å². The lowest BCUT2D eigenvalue weighted by Crippen LogP contribution is -1.93. The fourth-order valence-corrected chi connectivity index (χ4v) is 1.79. The van der Waals surface area contributed by atoms with Crippen LogP contribution in [0.4, 0.5) is 13.2 Å². The van der Waals surface area contributed by atoms with Gasteiger partial charge in [0, 0.05) is 12.1 Å². The highest BCUT2D eigenvalue weighted by Crippen LogP contribution is 2.36. The summed E-state index contributed by atoms with van der Waals surface area (Å²) in [5.41, 5.74) is -0.510. The summed E-state index contributed by atoms with van der Waals surface area (Å²) in [5.74, 6) is -3.07. The molecule has 0 N–H and O–H groups in total. The van der Waals surface area contributed by atoms with Gasteiger partial charge in [0.05, 0.1) is 5.56 Å². The third-order valence-corrected chi connectivity index (χ3v) is 3.65. The van der Waals surface area contributed by atoms with Crippen LogP contribution in [0.5, 0.6) is 0 Å². The van der Waals surface area contributed by atoms with Gasteiger partial charge in [0.2, 0.25) is 4.67 Å². The van der Waals surface area contributed by atoms with Gasteiger partial charge in [0.25, 0.3) is 0 Å². The van der Waals surface area contributed by atoms with Crippen molar-refractivity contribution in [2.24, 2.45) is 0 Å². The van der Waals surface area contributed by atoms with E-state index in [1.807, 2.05) is 0 Å². The Morgan fingerprint density at radius 1 is 1.06 bits per heavy atom. The quantitative estimate of drug-likeness (QED) is 0.762. The van der Waals surface area contributed by atoms with Crippen molar-refractivity contribution in [1.29, 1.82) is 0 Å². The van der Waals surface area contributed by atoms with Gasteiger partial charge in [-0.2, -0.15) is 0 Å². The van der Waals surface area contributed by atoms with Gasteiger partial charge in [-0.1, -0.05) is 5.16 Å². The molecule has 1 aromatic carbocycles. The van der Waals surface area contributed by atoms with E-state index < -0.39 is 23.0 Å². The predicted octanol–water partition coefficient (Wildman–Crippen LogP) is 4.28. The molecule has 7 heteroatoms. The van der Waals surface area contributed by atoms with Crippen molar-refractivity contribution < 1.29 is 17.7 Å². The minimum Gasteiger partial charge on any atom is -0.347 e.